The number of hydrogen-bond acceptors (Lipinski definition) is 2. The Bertz CT molecular complexity index is 673. The van der Waals surface area contributed by atoms with Gasteiger partial charge < -0.3 is 9.47 Å². The fourth-order valence-corrected chi connectivity index (χ4v) is 2.11. The van der Waals surface area contributed by atoms with Crippen molar-refractivity contribution in [3.05, 3.63) is 23.2 Å². The van der Waals surface area contributed by atoms with Gasteiger partial charge in [0.05, 0.1) is 0 Å². The molecule has 16 heteroatoms. The van der Waals surface area contributed by atoms with Crippen LogP contribution in [0.25, 0.3) is 0 Å². The second-order valence-electron chi connectivity index (χ2n) is 5.43. The van der Waals surface area contributed by atoms with Gasteiger partial charge in [0.2, 0.25) is 23.2 Å². The lowest BCUT2D eigenvalue weighted by Gasteiger charge is -2.24. The lowest BCUT2D eigenvalue weighted by Crippen LogP contribution is -2.49. The molecular formula is C12H4F14O2. The molecule has 2 rings (SSSR count). The van der Waals surface area contributed by atoms with Crippen LogP contribution in [0, 0.1) is 0 Å². The molecule has 2 aliphatic rings. The Morgan fingerprint density at radius 2 is 0.714 bits per heavy atom. The van der Waals surface area contributed by atoms with Crippen molar-refractivity contribution in [1.82, 2.24) is 0 Å². The van der Waals surface area contributed by atoms with E-state index in [-0.39, 0.29) is 0 Å². The van der Waals surface area contributed by atoms with Gasteiger partial charge in [-0.2, -0.15) is 52.7 Å². The van der Waals surface area contributed by atoms with E-state index >= 15 is 0 Å². The molecule has 0 heterocycles. The van der Waals surface area contributed by atoms with Gasteiger partial charge in [-0.25, -0.2) is 8.78 Å². The van der Waals surface area contributed by atoms with Gasteiger partial charge in [0.1, 0.15) is 13.2 Å². The summed E-state index contributed by atoms with van der Waals surface area (Å²) in [5, 5.41) is 0. The van der Waals surface area contributed by atoms with Crippen molar-refractivity contribution in [2.45, 2.75) is 35.5 Å². The van der Waals surface area contributed by atoms with Crippen molar-refractivity contribution in [2.75, 3.05) is 13.2 Å². The fraction of sp³-hybridized carbons (Fsp3) is 0.667. The first kappa shape index (κ1) is 22.4. The molecule has 0 unspecified atom stereocenters. The Morgan fingerprint density at radius 3 is 0.893 bits per heavy atom. The molecule has 0 radical (unpaired) electrons. The smallest absolute Gasteiger partial charge is 0.386 e. The zero-order chi connectivity index (χ0) is 22.1. The Labute approximate surface area is 144 Å². The van der Waals surface area contributed by atoms with Gasteiger partial charge in [-0.1, -0.05) is 0 Å². The van der Waals surface area contributed by atoms with Crippen LogP contribution in [0.5, 0.6) is 0 Å². The number of alkyl halides is 12. The molecule has 0 fully saturated rings. The van der Waals surface area contributed by atoms with E-state index in [2.05, 4.69) is 9.47 Å². The molecule has 0 bridgehead atoms. The van der Waals surface area contributed by atoms with Crippen molar-refractivity contribution in [2.24, 2.45) is 0 Å². The number of rotatable bonds is 5. The highest BCUT2D eigenvalue weighted by Gasteiger charge is 2.83. The molecule has 0 amide bonds. The summed E-state index contributed by atoms with van der Waals surface area (Å²) >= 11 is 0. The van der Waals surface area contributed by atoms with E-state index in [1.807, 2.05) is 0 Å². The van der Waals surface area contributed by atoms with E-state index < -0.39 is 71.9 Å². The van der Waals surface area contributed by atoms with Gasteiger partial charge in [0.25, 0.3) is 0 Å². The topological polar surface area (TPSA) is 18.5 Å². The molecule has 0 saturated heterocycles. The zero-order valence-corrected chi connectivity index (χ0v) is 12.5. The summed E-state index contributed by atoms with van der Waals surface area (Å²) in [4.78, 5) is 0. The molecule has 0 atom stereocenters. The fourth-order valence-electron chi connectivity index (χ4n) is 2.11. The summed E-state index contributed by atoms with van der Waals surface area (Å²) in [7, 11) is 0. The number of ether oxygens (including phenoxy) is 2. The molecule has 0 aromatic carbocycles. The summed E-state index contributed by atoms with van der Waals surface area (Å²) in [5.74, 6) is -49.1. The molecular weight excluding hydrogens is 442 g/mol. The summed E-state index contributed by atoms with van der Waals surface area (Å²) in [5.41, 5.74) is 0. The zero-order valence-electron chi connectivity index (χ0n) is 12.5. The Morgan fingerprint density at radius 1 is 0.464 bits per heavy atom. The highest BCUT2D eigenvalue weighted by atomic mass is 19.4. The van der Waals surface area contributed by atoms with Crippen LogP contribution < -0.4 is 0 Å². The van der Waals surface area contributed by atoms with E-state index in [4.69, 9.17) is 0 Å². The van der Waals surface area contributed by atoms with E-state index in [0.29, 0.717) is 0 Å². The number of hydrogen-bond donors (Lipinski definition) is 0. The Balaban J connectivity index is 2.14. The summed E-state index contributed by atoms with van der Waals surface area (Å²) in [6.45, 7) is -3.57. The maximum Gasteiger partial charge on any atom is 0.386 e. The van der Waals surface area contributed by atoms with E-state index in [9.17, 15) is 61.5 Å². The molecule has 0 saturated carbocycles. The normalized spacial score (nSPS) is 28.6. The molecule has 2 nitrogen and oxygen atoms in total. The van der Waals surface area contributed by atoms with Crippen LogP contribution in [-0.4, -0.2) is 48.7 Å². The van der Waals surface area contributed by atoms with Gasteiger partial charge in [-0.05, 0) is 0 Å². The lowest BCUT2D eigenvalue weighted by atomic mass is 10.1. The van der Waals surface area contributed by atoms with Gasteiger partial charge in [0.15, 0.2) is 0 Å². The molecule has 0 aromatic heterocycles. The average Bonchev–Trinajstić information content (AvgIpc) is 2.68. The molecule has 0 spiro atoms. The van der Waals surface area contributed by atoms with Crippen LogP contribution in [0.4, 0.5) is 61.5 Å². The van der Waals surface area contributed by atoms with E-state index in [0.717, 1.165) is 0 Å². The van der Waals surface area contributed by atoms with Gasteiger partial charge >= 0.3 is 35.5 Å². The minimum atomic E-state index is -6.28. The monoisotopic (exact) mass is 446 g/mol. The van der Waals surface area contributed by atoms with Crippen molar-refractivity contribution in [3.63, 3.8) is 0 Å². The quantitative estimate of drug-likeness (QED) is 0.426. The first-order valence-corrected chi connectivity index (χ1v) is 6.63. The average molecular weight is 446 g/mol. The highest BCUT2D eigenvalue weighted by Crippen LogP contribution is 2.61. The third kappa shape index (κ3) is 2.41. The maximum absolute atomic E-state index is 13.2. The predicted molar refractivity (Wildman–Crippen MR) is 57.9 cm³/mol. The lowest BCUT2D eigenvalue weighted by molar-refractivity contribution is -0.275. The molecule has 2 aliphatic carbocycles. The van der Waals surface area contributed by atoms with Gasteiger partial charge in [-0.3, -0.25) is 0 Å². The van der Waals surface area contributed by atoms with E-state index in [1.165, 1.54) is 0 Å². The van der Waals surface area contributed by atoms with Crippen LogP contribution in [-0.2, 0) is 9.47 Å². The predicted octanol–water partition coefficient (Wildman–Crippen LogP) is 5.22. The first-order valence-electron chi connectivity index (χ1n) is 6.63. The van der Waals surface area contributed by atoms with Gasteiger partial charge in [-0.15, -0.1) is 0 Å². The maximum atomic E-state index is 13.2. The third-order valence-electron chi connectivity index (χ3n) is 3.67. The summed E-state index contributed by atoms with van der Waals surface area (Å²) < 4.78 is 189. The Kier molecular flexibility index (Phi) is 4.64. The highest BCUT2D eigenvalue weighted by molar-refractivity contribution is 5.34. The minimum absolute atomic E-state index is 1.78. The molecule has 0 aliphatic heterocycles. The van der Waals surface area contributed by atoms with Gasteiger partial charge in [0, 0.05) is 0 Å². The Hall–Kier alpha value is -1.90. The van der Waals surface area contributed by atoms with Crippen LogP contribution in [0.2, 0.25) is 0 Å². The SMILES string of the molecule is FC1=C(OCCOC2=C(F)C(F)(F)C(F)(F)C2(F)F)C(F)(F)C(F)(F)C1(F)F. The van der Waals surface area contributed by atoms with Crippen molar-refractivity contribution in [3.8, 4) is 0 Å². The second-order valence-corrected chi connectivity index (χ2v) is 5.43. The summed E-state index contributed by atoms with van der Waals surface area (Å²) in [6, 6.07) is 0. The molecule has 0 N–H and O–H groups in total. The summed E-state index contributed by atoms with van der Waals surface area (Å²) in [6.07, 6.45) is 0. The minimum Gasteiger partial charge on any atom is -0.485 e. The second kappa shape index (κ2) is 5.81. The van der Waals surface area contributed by atoms with Crippen LogP contribution in [0.1, 0.15) is 0 Å². The van der Waals surface area contributed by atoms with Crippen molar-refractivity contribution >= 4 is 0 Å². The largest absolute Gasteiger partial charge is 0.485 e. The first-order chi connectivity index (χ1) is 12.3. The molecule has 0 aromatic rings. The van der Waals surface area contributed by atoms with Crippen LogP contribution in [0.3, 0.4) is 0 Å². The number of halogens is 14. The number of allylic oxidation sites excluding steroid dienone is 4. The molecule has 28 heavy (non-hydrogen) atoms. The molecule has 162 valence electrons. The third-order valence-corrected chi connectivity index (χ3v) is 3.67. The standard InChI is InChI=1S/C12H4F14O2/c13-3-5(9(19,20)11(23,24)7(3,15)16)27-1-2-28-6-4(14)8(17,18)12(25,26)10(6,21)22/h1-2H2. The van der Waals surface area contributed by atoms with Crippen molar-refractivity contribution < 1.29 is 70.9 Å². The van der Waals surface area contributed by atoms with Crippen LogP contribution in [0.15, 0.2) is 23.2 Å². The van der Waals surface area contributed by atoms with E-state index in [1.54, 1.807) is 0 Å². The van der Waals surface area contributed by atoms with Crippen molar-refractivity contribution in [1.29, 1.82) is 0 Å². The van der Waals surface area contributed by atoms with Crippen LogP contribution >= 0.6 is 0 Å².